The number of nitrogens with one attached hydrogen (secondary N) is 1. The predicted octanol–water partition coefficient (Wildman–Crippen LogP) is 3.40. The molecule has 0 aliphatic heterocycles. The Kier molecular flexibility index (Phi) is 3.14. The highest BCUT2D eigenvalue weighted by molar-refractivity contribution is 9.10. The van der Waals surface area contributed by atoms with Gasteiger partial charge in [0.15, 0.2) is 9.84 Å². The molecular weight excluding hydrogens is 340 g/mol. The monoisotopic (exact) mass is 350 g/mol. The first-order valence-electron chi connectivity index (χ1n) is 5.89. The maximum absolute atomic E-state index is 11.6. The van der Waals surface area contributed by atoms with Crippen molar-refractivity contribution in [2.75, 3.05) is 6.26 Å². The number of hydrogen-bond donors (Lipinski definition) is 1. The highest BCUT2D eigenvalue weighted by atomic mass is 79.9. The number of fused-ring (bicyclic) bond motifs is 1. The molecule has 0 atom stereocenters. The van der Waals surface area contributed by atoms with E-state index in [0.717, 1.165) is 15.6 Å². The van der Waals surface area contributed by atoms with E-state index in [2.05, 4.69) is 25.9 Å². The maximum Gasteiger partial charge on any atom is 0.175 e. The summed E-state index contributed by atoms with van der Waals surface area (Å²) in [7, 11) is -3.21. The van der Waals surface area contributed by atoms with Crippen molar-refractivity contribution in [3.63, 3.8) is 0 Å². The quantitative estimate of drug-likeness (QED) is 0.770. The molecule has 20 heavy (non-hydrogen) atoms. The lowest BCUT2D eigenvalue weighted by molar-refractivity contribution is 0.602. The van der Waals surface area contributed by atoms with Crippen LogP contribution >= 0.6 is 15.9 Å². The average Bonchev–Trinajstić information content (AvgIpc) is 2.80. The van der Waals surface area contributed by atoms with Crippen LogP contribution in [0, 0.1) is 0 Å². The van der Waals surface area contributed by atoms with E-state index in [4.69, 9.17) is 0 Å². The first-order valence-corrected chi connectivity index (χ1v) is 8.58. The zero-order valence-electron chi connectivity index (χ0n) is 10.6. The molecule has 0 bridgehead atoms. The van der Waals surface area contributed by atoms with E-state index in [1.165, 1.54) is 6.26 Å². The number of H-pyrrole nitrogens is 1. The predicted molar refractivity (Wildman–Crippen MR) is 82.3 cm³/mol. The third-order valence-electron chi connectivity index (χ3n) is 2.98. The number of rotatable bonds is 2. The Morgan fingerprint density at radius 2 is 1.95 bits per heavy atom. The van der Waals surface area contributed by atoms with Gasteiger partial charge in [-0.25, -0.2) is 13.4 Å². The standard InChI is InChI=1S/C14H11BrN2O2S/c1-20(18,19)11-5-6-12-13(8-11)17-14(16-12)9-3-2-4-10(15)7-9/h2-8H,1H3,(H,16,17). The molecule has 0 aliphatic carbocycles. The van der Waals surface area contributed by atoms with Gasteiger partial charge in [0.1, 0.15) is 5.82 Å². The Labute approximate surface area is 124 Å². The van der Waals surface area contributed by atoms with Gasteiger partial charge < -0.3 is 4.98 Å². The number of imidazole rings is 1. The fourth-order valence-electron chi connectivity index (χ4n) is 1.99. The van der Waals surface area contributed by atoms with E-state index in [-0.39, 0.29) is 4.90 Å². The van der Waals surface area contributed by atoms with Crippen LogP contribution in [0.4, 0.5) is 0 Å². The number of aromatic nitrogens is 2. The number of halogens is 1. The second kappa shape index (κ2) is 4.71. The third-order valence-corrected chi connectivity index (χ3v) is 4.58. The molecule has 3 aromatic rings. The van der Waals surface area contributed by atoms with Crippen LogP contribution in [-0.4, -0.2) is 24.6 Å². The number of benzene rings is 2. The van der Waals surface area contributed by atoms with Crippen LogP contribution < -0.4 is 0 Å². The van der Waals surface area contributed by atoms with Gasteiger partial charge in [0.2, 0.25) is 0 Å². The third kappa shape index (κ3) is 2.48. The van der Waals surface area contributed by atoms with Crippen molar-refractivity contribution in [1.82, 2.24) is 9.97 Å². The molecule has 6 heteroatoms. The van der Waals surface area contributed by atoms with E-state index >= 15 is 0 Å². The molecule has 0 saturated carbocycles. The van der Waals surface area contributed by atoms with Crippen molar-refractivity contribution in [3.8, 4) is 11.4 Å². The van der Waals surface area contributed by atoms with Gasteiger partial charge in [0, 0.05) is 16.3 Å². The summed E-state index contributed by atoms with van der Waals surface area (Å²) in [6.07, 6.45) is 1.19. The van der Waals surface area contributed by atoms with Gasteiger partial charge in [0.05, 0.1) is 15.9 Å². The lowest BCUT2D eigenvalue weighted by atomic mass is 10.2. The Balaban J connectivity index is 2.16. The summed E-state index contributed by atoms with van der Waals surface area (Å²) in [5, 5.41) is 0. The zero-order chi connectivity index (χ0) is 14.3. The summed E-state index contributed by atoms with van der Waals surface area (Å²) in [4.78, 5) is 7.92. The molecule has 3 rings (SSSR count). The van der Waals surface area contributed by atoms with E-state index < -0.39 is 9.84 Å². The molecule has 2 aromatic carbocycles. The fourth-order valence-corrected chi connectivity index (χ4v) is 3.04. The van der Waals surface area contributed by atoms with Crippen LogP contribution in [0.1, 0.15) is 0 Å². The molecule has 102 valence electrons. The van der Waals surface area contributed by atoms with Gasteiger partial charge in [-0.15, -0.1) is 0 Å². The Morgan fingerprint density at radius 1 is 1.15 bits per heavy atom. The molecule has 1 N–H and O–H groups in total. The van der Waals surface area contributed by atoms with Crippen LogP contribution in [0.3, 0.4) is 0 Å². The molecule has 4 nitrogen and oxygen atoms in total. The Morgan fingerprint density at radius 3 is 2.65 bits per heavy atom. The van der Waals surface area contributed by atoms with Crippen LogP contribution in [0.2, 0.25) is 0 Å². The lowest BCUT2D eigenvalue weighted by Crippen LogP contribution is -1.96. The molecule has 0 spiro atoms. The minimum atomic E-state index is -3.21. The van der Waals surface area contributed by atoms with E-state index in [1.54, 1.807) is 18.2 Å². The average molecular weight is 351 g/mol. The maximum atomic E-state index is 11.6. The second-order valence-corrected chi connectivity index (χ2v) is 7.48. The van der Waals surface area contributed by atoms with Crippen LogP contribution in [0.5, 0.6) is 0 Å². The number of hydrogen-bond acceptors (Lipinski definition) is 3. The molecular formula is C14H11BrN2O2S. The summed E-state index contributed by atoms with van der Waals surface area (Å²) >= 11 is 3.42. The molecule has 0 unspecified atom stereocenters. The SMILES string of the molecule is CS(=O)(=O)c1ccc2nc(-c3cccc(Br)c3)[nH]c2c1. The van der Waals surface area contributed by atoms with Crippen LogP contribution in [-0.2, 0) is 9.84 Å². The molecule has 0 amide bonds. The molecule has 0 saturated heterocycles. The van der Waals surface area contributed by atoms with Crippen molar-refractivity contribution in [2.24, 2.45) is 0 Å². The largest absolute Gasteiger partial charge is 0.338 e. The highest BCUT2D eigenvalue weighted by Crippen LogP contribution is 2.24. The molecule has 0 radical (unpaired) electrons. The summed E-state index contributed by atoms with van der Waals surface area (Å²) < 4.78 is 24.1. The van der Waals surface area contributed by atoms with Gasteiger partial charge in [0.25, 0.3) is 0 Å². The number of sulfone groups is 1. The smallest absolute Gasteiger partial charge is 0.175 e. The fraction of sp³-hybridized carbons (Fsp3) is 0.0714. The molecule has 1 heterocycles. The topological polar surface area (TPSA) is 62.8 Å². The Bertz CT molecular complexity index is 900. The van der Waals surface area contributed by atoms with E-state index in [1.807, 2.05) is 24.3 Å². The number of nitrogens with zero attached hydrogens (tertiary/aromatic N) is 1. The summed E-state index contributed by atoms with van der Waals surface area (Å²) in [5.74, 6) is 0.715. The minimum Gasteiger partial charge on any atom is -0.338 e. The van der Waals surface area contributed by atoms with Crippen molar-refractivity contribution < 1.29 is 8.42 Å². The molecule has 1 aromatic heterocycles. The first-order chi connectivity index (χ1) is 9.43. The zero-order valence-corrected chi connectivity index (χ0v) is 13.0. The van der Waals surface area contributed by atoms with E-state index in [9.17, 15) is 8.42 Å². The summed E-state index contributed by atoms with van der Waals surface area (Å²) in [6, 6.07) is 12.7. The molecule has 0 aliphatic rings. The van der Waals surface area contributed by atoms with Crippen LogP contribution in [0.15, 0.2) is 51.8 Å². The first kappa shape index (κ1) is 13.3. The number of aromatic amines is 1. The van der Waals surface area contributed by atoms with Crippen molar-refractivity contribution in [1.29, 1.82) is 0 Å². The highest BCUT2D eigenvalue weighted by Gasteiger charge is 2.11. The normalized spacial score (nSPS) is 11.9. The lowest BCUT2D eigenvalue weighted by Gasteiger charge is -1.97. The second-order valence-electron chi connectivity index (χ2n) is 4.55. The van der Waals surface area contributed by atoms with Gasteiger partial charge >= 0.3 is 0 Å². The summed E-state index contributed by atoms with van der Waals surface area (Å²) in [6.45, 7) is 0. The van der Waals surface area contributed by atoms with Gasteiger partial charge in [-0.1, -0.05) is 28.1 Å². The van der Waals surface area contributed by atoms with Crippen LogP contribution in [0.25, 0.3) is 22.4 Å². The van der Waals surface area contributed by atoms with E-state index in [0.29, 0.717) is 11.3 Å². The summed E-state index contributed by atoms with van der Waals surface area (Å²) in [5.41, 5.74) is 2.40. The van der Waals surface area contributed by atoms with Gasteiger partial charge in [-0.3, -0.25) is 0 Å². The minimum absolute atomic E-state index is 0.287. The van der Waals surface area contributed by atoms with Crippen molar-refractivity contribution in [2.45, 2.75) is 4.90 Å². The molecule has 0 fully saturated rings. The van der Waals surface area contributed by atoms with Crippen molar-refractivity contribution in [3.05, 3.63) is 46.9 Å². The van der Waals surface area contributed by atoms with Gasteiger partial charge in [-0.05, 0) is 30.3 Å². The Hall–Kier alpha value is -1.66. The van der Waals surface area contributed by atoms with Gasteiger partial charge in [-0.2, -0.15) is 0 Å². The van der Waals surface area contributed by atoms with Crippen molar-refractivity contribution >= 4 is 36.8 Å².